The molecule has 1 fully saturated rings. The summed E-state index contributed by atoms with van der Waals surface area (Å²) in [5, 5.41) is 7.80. The first-order valence-electron chi connectivity index (χ1n) is 9.23. The maximum Gasteiger partial charge on any atom is 0.264 e. The molecule has 4 heterocycles. The zero-order valence-corrected chi connectivity index (χ0v) is 16.9. The van der Waals surface area contributed by atoms with E-state index in [4.69, 9.17) is 13.8 Å². The highest BCUT2D eigenvalue weighted by Crippen LogP contribution is 2.31. The van der Waals surface area contributed by atoms with Crippen LogP contribution < -0.4 is 4.74 Å². The van der Waals surface area contributed by atoms with Crippen molar-refractivity contribution < 1.29 is 22.2 Å². The van der Waals surface area contributed by atoms with Gasteiger partial charge in [-0.1, -0.05) is 10.3 Å². The van der Waals surface area contributed by atoms with Gasteiger partial charge in [-0.15, -0.1) is 0 Å². The van der Waals surface area contributed by atoms with Gasteiger partial charge in [0.25, 0.3) is 5.89 Å². The Morgan fingerprint density at radius 1 is 1.21 bits per heavy atom. The molecule has 1 saturated heterocycles. The first-order valence-corrected chi connectivity index (χ1v) is 10.7. The van der Waals surface area contributed by atoms with Gasteiger partial charge in [0.05, 0.1) is 6.20 Å². The Morgan fingerprint density at radius 2 is 2.00 bits per heavy atom. The number of sulfonamides is 1. The van der Waals surface area contributed by atoms with Gasteiger partial charge in [0.15, 0.2) is 18.2 Å². The van der Waals surface area contributed by atoms with E-state index in [1.165, 1.54) is 4.31 Å². The molecule has 10 nitrogen and oxygen atoms in total. The van der Waals surface area contributed by atoms with E-state index in [0.29, 0.717) is 54.8 Å². The highest BCUT2D eigenvalue weighted by Gasteiger charge is 2.35. The molecule has 11 heteroatoms. The van der Waals surface area contributed by atoms with Crippen molar-refractivity contribution in [2.75, 3.05) is 13.1 Å². The van der Waals surface area contributed by atoms with Crippen molar-refractivity contribution in [2.24, 2.45) is 0 Å². The lowest BCUT2D eigenvalue weighted by molar-refractivity contribution is 0.241. The zero-order valence-electron chi connectivity index (χ0n) is 16.1. The molecule has 0 saturated carbocycles. The van der Waals surface area contributed by atoms with Gasteiger partial charge in [0.1, 0.15) is 16.3 Å². The molecular weight excluding hydrogens is 398 g/mol. The summed E-state index contributed by atoms with van der Waals surface area (Å²) in [6.45, 7) is 4.12. The summed E-state index contributed by atoms with van der Waals surface area (Å²) in [6, 6.07) is 3.57. The van der Waals surface area contributed by atoms with E-state index in [-0.39, 0.29) is 17.4 Å². The molecular formula is C18H21N5O5S. The van der Waals surface area contributed by atoms with Gasteiger partial charge in [-0.3, -0.25) is 4.98 Å². The van der Waals surface area contributed by atoms with Crippen LogP contribution in [0, 0.1) is 13.8 Å². The second kappa shape index (κ2) is 7.91. The van der Waals surface area contributed by atoms with Crippen LogP contribution in [0.2, 0.25) is 0 Å². The van der Waals surface area contributed by atoms with Gasteiger partial charge in [0.2, 0.25) is 10.0 Å². The second-order valence-corrected chi connectivity index (χ2v) is 8.73. The molecule has 0 bridgehead atoms. The maximum atomic E-state index is 12.9. The van der Waals surface area contributed by atoms with Crippen LogP contribution in [0.3, 0.4) is 0 Å². The Labute approximate surface area is 167 Å². The average molecular weight is 419 g/mol. The van der Waals surface area contributed by atoms with Crippen molar-refractivity contribution in [3.8, 4) is 5.75 Å². The molecule has 0 N–H and O–H groups in total. The summed E-state index contributed by atoms with van der Waals surface area (Å²) in [5.74, 6) is 1.90. The number of hydrogen-bond donors (Lipinski definition) is 0. The fourth-order valence-corrected chi connectivity index (χ4v) is 5.16. The number of nitrogens with zero attached hydrogens (tertiary/aromatic N) is 5. The first-order chi connectivity index (χ1) is 13.9. The van der Waals surface area contributed by atoms with Crippen molar-refractivity contribution in [3.05, 3.63) is 47.7 Å². The second-order valence-electron chi connectivity index (χ2n) is 6.86. The third-order valence-corrected chi connectivity index (χ3v) is 7.01. The normalized spacial score (nSPS) is 16.2. The molecule has 0 aliphatic carbocycles. The molecule has 0 aromatic carbocycles. The fourth-order valence-electron chi connectivity index (χ4n) is 3.40. The van der Waals surface area contributed by atoms with Crippen LogP contribution in [0.4, 0.5) is 0 Å². The Bertz CT molecular complexity index is 1050. The molecule has 0 unspecified atom stereocenters. The molecule has 1 aliphatic heterocycles. The molecule has 1 aliphatic rings. The van der Waals surface area contributed by atoms with Gasteiger partial charge in [-0.25, -0.2) is 8.42 Å². The van der Waals surface area contributed by atoms with E-state index >= 15 is 0 Å². The predicted molar refractivity (Wildman–Crippen MR) is 99.6 cm³/mol. The number of aryl methyl sites for hydroxylation is 2. The lowest BCUT2D eigenvalue weighted by Gasteiger charge is -2.29. The minimum Gasteiger partial charge on any atom is -0.482 e. The number of pyridine rings is 1. The van der Waals surface area contributed by atoms with Crippen LogP contribution in [0.15, 0.2) is 38.5 Å². The van der Waals surface area contributed by atoms with E-state index < -0.39 is 10.0 Å². The molecule has 4 rings (SSSR count). The van der Waals surface area contributed by atoms with E-state index in [0.717, 1.165) is 0 Å². The summed E-state index contributed by atoms with van der Waals surface area (Å²) in [4.78, 5) is 8.53. The molecule has 3 aromatic rings. The number of hydrogen-bond acceptors (Lipinski definition) is 9. The topological polar surface area (TPSA) is 124 Å². The molecule has 154 valence electrons. The van der Waals surface area contributed by atoms with E-state index in [1.54, 1.807) is 38.4 Å². The highest BCUT2D eigenvalue weighted by molar-refractivity contribution is 7.89. The fraction of sp³-hybridized carbons (Fsp3) is 0.444. The number of piperidine rings is 1. The van der Waals surface area contributed by atoms with Gasteiger partial charge < -0.3 is 13.8 Å². The standard InChI is InChI=1S/C18H21N5O5S/c1-12-17(13(2)27-21-12)29(24,25)23-8-5-14(6-9-23)18-20-16(28-22-18)11-26-15-4-3-7-19-10-15/h3-4,7,10,14H,5-6,8-9,11H2,1-2H3. The van der Waals surface area contributed by atoms with Gasteiger partial charge in [0, 0.05) is 25.2 Å². The van der Waals surface area contributed by atoms with Crippen LogP contribution in [0.1, 0.15) is 41.9 Å². The van der Waals surface area contributed by atoms with Crippen molar-refractivity contribution in [1.82, 2.24) is 24.6 Å². The summed E-state index contributed by atoms with van der Waals surface area (Å²) >= 11 is 0. The summed E-state index contributed by atoms with van der Waals surface area (Å²) < 4.78 is 43.1. The monoisotopic (exact) mass is 419 g/mol. The van der Waals surface area contributed by atoms with Crippen LogP contribution in [0.25, 0.3) is 0 Å². The largest absolute Gasteiger partial charge is 0.482 e. The van der Waals surface area contributed by atoms with Crippen LogP contribution in [0.5, 0.6) is 5.75 Å². The van der Waals surface area contributed by atoms with E-state index in [2.05, 4.69) is 20.3 Å². The quantitative estimate of drug-likeness (QED) is 0.591. The maximum absolute atomic E-state index is 12.9. The van der Waals surface area contributed by atoms with Gasteiger partial charge >= 0.3 is 0 Å². The SMILES string of the molecule is Cc1noc(C)c1S(=O)(=O)N1CCC(c2noc(COc3cccnc3)n2)CC1. The van der Waals surface area contributed by atoms with E-state index in [1.807, 2.05) is 0 Å². The third kappa shape index (κ3) is 4.01. The molecule has 3 aromatic heterocycles. The average Bonchev–Trinajstić information content (AvgIpc) is 3.34. The lowest BCUT2D eigenvalue weighted by atomic mass is 9.98. The molecule has 0 radical (unpaired) electrons. The molecule has 29 heavy (non-hydrogen) atoms. The number of rotatable bonds is 6. The summed E-state index contributed by atoms with van der Waals surface area (Å²) in [5.41, 5.74) is 0.376. The van der Waals surface area contributed by atoms with Crippen molar-refractivity contribution in [3.63, 3.8) is 0 Å². The van der Waals surface area contributed by atoms with Crippen molar-refractivity contribution in [2.45, 2.75) is 44.1 Å². The molecule has 0 spiro atoms. The predicted octanol–water partition coefficient (Wildman–Crippen LogP) is 2.22. The smallest absolute Gasteiger partial charge is 0.264 e. The van der Waals surface area contributed by atoms with Gasteiger partial charge in [-0.05, 0) is 38.8 Å². The number of ether oxygens (including phenoxy) is 1. The summed E-state index contributed by atoms with van der Waals surface area (Å²) in [7, 11) is -3.63. The minimum atomic E-state index is -3.63. The highest BCUT2D eigenvalue weighted by atomic mass is 32.2. The van der Waals surface area contributed by atoms with Crippen molar-refractivity contribution in [1.29, 1.82) is 0 Å². The van der Waals surface area contributed by atoms with Crippen LogP contribution >= 0.6 is 0 Å². The minimum absolute atomic E-state index is 0.0296. The summed E-state index contributed by atoms with van der Waals surface area (Å²) in [6.07, 6.45) is 4.47. The first kappa shape index (κ1) is 19.5. The lowest BCUT2D eigenvalue weighted by Crippen LogP contribution is -2.38. The Balaban J connectivity index is 1.37. The Morgan fingerprint density at radius 3 is 2.66 bits per heavy atom. The third-order valence-electron chi connectivity index (χ3n) is 4.87. The van der Waals surface area contributed by atoms with Crippen LogP contribution in [-0.4, -0.2) is 46.1 Å². The zero-order chi connectivity index (χ0) is 20.4. The van der Waals surface area contributed by atoms with Gasteiger partial charge in [-0.2, -0.15) is 9.29 Å². The molecule has 0 atom stereocenters. The van der Waals surface area contributed by atoms with E-state index in [9.17, 15) is 8.42 Å². The Hall–Kier alpha value is -2.79. The van der Waals surface area contributed by atoms with Crippen molar-refractivity contribution >= 4 is 10.0 Å². The Kier molecular flexibility index (Phi) is 5.33. The van der Waals surface area contributed by atoms with Crippen LogP contribution in [-0.2, 0) is 16.6 Å². The molecule has 0 amide bonds. The number of aromatic nitrogens is 4.